The van der Waals surface area contributed by atoms with E-state index in [4.69, 9.17) is 4.42 Å². The van der Waals surface area contributed by atoms with Crippen LogP contribution in [0.5, 0.6) is 0 Å². The molecule has 2 aromatic heterocycles. The number of hydrogen-bond acceptors (Lipinski definition) is 4. The minimum Gasteiger partial charge on any atom is -0.444 e. The van der Waals surface area contributed by atoms with Gasteiger partial charge in [0.05, 0.1) is 10.6 Å². The average Bonchev–Trinajstić information content (AvgIpc) is 2.89. The fourth-order valence-electron chi connectivity index (χ4n) is 2.23. The Balaban J connectivity index is 1.66. The molecular weight excluding hydrogens is 244 g/mol. The molecule has 0 N–H and O–H groups in total. The largest absolute Gasteiger partial charge is 0.444 e. The number of aromatic nitrogens is 1. The fraction of sp³-hybridized carbons (Fsp3) is 0.500. The van der Waals surface area contributed by atoms with Crippen molar-refractivity contribution >= 4 is 11.3 Å². The lowest BCUT2D eigenvalue weighted by molar-refractivity contribution is 0.224. The zero-order valence-corrected chi connectivity index (χ0v) is 11.6. The van der Waals surface area contributed by atoms with Gasteiger partial charge in [0.15, 0.2) is 0 Å². The Morgan fingerprint density at radius 1 is 1.56 bits per heavy atom. The lowest BCUT2D eigenvalue weighted by atomic mass is 10.2. The Morgan fingerprint density at radius 3 is 3.06 bits per heavy atom. The van der Waals surface area contributed by atoms with Crippen molar-refractivity contribution in [1.82, 2.24) is 9.88 Å². The van der Waals surface area contributed by atoms with Gasteiger partial charge in [-0.2, -0.15) is 0 Å². The van der Waals surface area contributed by atoms with Gasteiger partial charge in [-0.3, -0.25) is 4.90 Å². The van der Waals surface area contributed by atoms with Crippen molar-refractivity contribution in [1.29, 1.82) is 0 Å². The molecule has 0 saturated heterocycles. The average molecular weight is 262 g/mol. The summed E-state index contributed by atoms with van der Waals surface area (Å²) in [5, 5.41) is 2.04. The molecule has 3 rings (SSSR count). The number of rotatable bonds is 5. The predicted octanol–water partition coefficient (Wildman–Crippen LogP) is 3.63. The molecule has 1 fully saturated rings. The molecule has 0 amide bonds. The van der Waals surface area contributed by atoms with E-state index in [-0.39, 0.29) is 0 Å². The normalized spacial score (nSPS) is 17.3. The van der Waals surface area contributed by atoms with E-state index in [0.29, 0.717) is 6.04 Å². The quantitative estimate of drug-likeness (QED) is 0.824. The predicted molar refractivity (Wildman–Crippen MR) is 73.5 cm³/mol. The summed E-state index contributed by atoms with van der Waals surface area (Å²) >= 11 is 1.66. The van der Waals surface area contributed by atoms with Gasteiger partial charge in [0.25, 0.3) is 0 Å². The minimum atomic E-state index is 0.645. The van der Waals surface area contributed by atoms with Crippen LogP contribution >= 0.6 is 11.3 Å². The third-order valence-electron chi connectivity index (χ3n) is 3.69. The molecule has 0 radical (unpaired) electrons. The lowest BCUT2D eigenvalue weighted by Crippen LogP contribution is -2.30. The van der Waals surface area contributed by atoms with E-state index in [1.165, 1.54) is 12.8 Å². The topological polar surface area (TPSA) is 29.3 Å². The van der Waals surface area contributed by atoms with Crippen molar-refractivity contribution < 1.29 is 4.42 Å². The lowest BCUT2D eigenvalue weighted by Gasteiger charge is -2.23. The van der Waals surface area contributed by atoms with Crippen molar-refractivity contribution in [3.8, 4) is 10.8 Å². The molecule has 4 heteroatoms. The monoisotopic (exact) mass is 262 g/mol. The molecule has 18 heavy (non-hydrogen) atoms. The first-order valence-electron chi connectivity index (χ1n) is 6.42. The van der Waals surface area contributed by atoms with Crippen molar-refractivity contribution in [3.63, 3.8) is 0 Å². The molecule has 1 saturated carbocycles. The van der Waals surface area contributed by atoms with Gasteiger partial charge >= 0.3 is 0 Å². The molecular formula is C14H18N2OS. The van der Waals surface area contributed by atoms with Gasteiger partial charge in [0, 0.05) is 12.6 Å². The Labute approximate surface area is 111 Å². The highest BCUT2D eigenvalue weighted by Crippen LogP contribution is 2.35. The van der Waals surface area contributed by atoms with E-state index >= 15 is 0 Å². The van der Waals surface area contributed by atoms with Crippen LogP contribution < -0.4 is 0 Å². The number of thiophene rings is 1. The van der Waals surface area contributed by atoms with Crippen molar-refractivity contribution in [2.75, 3.05) is 7.05 Å². The third-order valence-corrected chi connectivity index (χ3v) is 4.55. The second-order valence-corrected chi connectivity index (χ2v) is 6.06. The summed E-state index contributed by atoms with van der Waals surface area (Å²) < 4.78 is 5.54. The standard InChI is InChI=1S/C14H18N2OS/c1-10(11-5-6-11)16(2)8-12-9-17-14(15-12)13-4-3-7-18-13/h3-4,7,9-11H,5-6,8H2,1-2H3. The Hall–Kier alpha value is -1.13. The van der Waals surface area contributed by atoms with E-state index in [0.717, 1.165) is 28.9 Å². The van der Waals surface area contributed by atoms with Crippen LogP contribution in [0.3, 0.4) is 0 Å². The summed E-state index contributed by atoms with van der Waals surface area (Å²) in [5.74, 6) is 1.63. The number of nitrogens with zero attached hydrogens (tertiary/aromatic N) is 2. The molecule has 0 aromatic carbocycles. The van der Waals surface area contributed by atoms with Crippen LogP contribution in [-0.2, 0) is 6.54 Å². The Morgan fingerprint density at radius 2 is 2.39 bits per heavy atom. The van der Waals surface area contributed by atoms with Crippen LogP contribution in [0.15, 0.2) is 28.2 Å². The van der Waals surface area contributed by atoms with Crippen molar-refractivity contribution in [2.45, 2.75) is 32.4 Å². The molecule has 96 valence electrons. The van der Waals surface area contributed by atoms with Gasteiger partial charge in [0.2, 0.25) is 5.89 Å². The van der Waals surface area contributed by atoms with E-state index in [1.807, 2.05) is 17.5 Å². The van der Waals surface area contributed by atoms with Crippen LogP contribution in [0, 0.1) is 5.92 Å². The van der Waals surface area contributed by atoms with E-state index in [9.17, 15) is 0 Å². The molecule has 2 aromatic rings. The van der Waals surface area contributed by atoms with Crippen LogP contribution in [-0.4, -0.2) is 23.0 Å². The first-order valence-corrected chi connectivity index (χ1v) is 7.30. The molecule has 1 aliphatic carbocycles. The maximum atomic E-state index is 5.54. The zero-order valence-electron chi connectivity index (χ0n) is 10.8. The molecule has 1 aliphatic rings. The summed E-state index contributed by atoms with van der Waals surface area (Å²) in [7, 11) is 2.17. The summed E-state index contributed by atoms with van der Waals surface area (Å²) in [4.78, 5) is 8.02. The second-order valence-electron chi connectivity index (χ2n) is 5.11. The highest BCUT2D eigenvalue weighted by molar-refractivity contribution is 7.13. The molecule has 0 spiro atoms. The van der Waals surface area contributed by atoms with Gasteiger partial charge < -0.3 is 4.42 Å². The molecule has 0 bridgehead atoms. The van der Waals surface area contributed by atoms with E-state index < -0.39 is 0 Å². The summed E-state index contributed by atoms with van der Waals surface area (Å²) in [6, 6.07) is 4.70. The van der Waals surface area contributed by atoms with E-state index in [1.54, 1.807) is 17.6 Å². The smallest absolute Gasteiger partial charge is 0.236 e. The highest BCUT2D eigenvalue weighted by atomic mass is 32.1. The number of oxazole rings is 1. The summed E-state index contributed by atoms with van der Waals surface area (Å²) in [6.07, 6.45) is 4.54. The van der Waals surface area contributed by atoms with Gasteiger partial charge in [0.1, 0.15) is 6.26 Å². The maximum Gasteiger partial charge on any atom is 0.236 e. The highest BCUT2D eigenvalue weighted by Gasteiger charge is 2.30. The van der Waals surface area contributed by atoms with Crippen LogP contribution in [0.2, 0.25) is 0 Å². The van der Waals surface area contributed by atoms with Crippen molar-refractivity contribution in [3.05, 3.63) is 29.5 Å². The summed E-state index contributed by atoms with van der Waals surface area (Å²) in [5.41, 5.74) is 1.02. The molecule has 3 nitrogen and oxygen atoms in total. The van der Waals surface area contributed by atoms with Crippen LogP contribution in [0.4, 0.5) is 0 Å². The van der Waals surface area contributed by atoms with Crippen molar-refractivity contribution in [2.24, 2.45) is 5.92 Å². The van der Waals surface area contributed by atoms with Gasteiger partial charge in [-0.15, -0.1) is 11.3 Å². The van der Waals surface area contributed by atoms with Crippen LogP contribution in [0.1, 0.15) is 25.5 Å². The SMILES string of the molecule is CC(C1CC1)N(C)Cc1coc(-c2cccs2)n1. The van der Waals surface area contributed by atoms with Gasteiger partial charge in [-0.25, -0.2) is 4.98 Å². The number of hydrogen-bond donors (Lipinski definition) is 0. The third kappa shape index (κ3) is 2.49. The minimum absolute atomic E-state index is 0.645. The summed E-state index contributed by atoms with van der Waals surface area (Å²) in [6.45, 7) is 3.17. The molecule has 0 aliphatic heterocycles. The zero-order chi connectivity index (χ0) is 12.5. The molecule has 1 atom stereocenters. The molecule has 2 heterocycles. The van der Waals surface area contributed by atoms with E-state index in [2.05, 4.69) is 23.9 Å². The van der Waals surface area contributed by atoms with Gasteiger partial charge in [-0.05, 0) is 44.2 Å². The van der Waals surface area contributed by atoms with Crippen LogP contribution in [0.25, 0.3) is 10.8 Å². The first-order chi connectivity index (χ1) is 8.74. The van der Waals surface area contributed by atoms with Gasteiger partial charge in [-0.1, -0.05) is 6.07 Å². The first kappa shape index (κ1) is 11.9. The maximum absolute atomic E-state index is 5.54. The molecule has 1 unspecified atom stereocenters. The fourth-order valence-corrected chi connectivity index (χ4v) is 2.89. The Bertz CT molecular complexity index is 502. The Kier molecular flexibility index (Phi) is 3.22. The second kappa shape index (κ2) is 4.86.